The minimum absolute atomic E-state index is 0. The molecule has 2 unspecified atom stereocenters. The summed E-state index contributed by atoms with van der Waals surface area (Å²) in [5, 5.41) is 2.80. The standard InChI is InChI=1S/C23H18N2O2S.C23H18N2OS.C23H18N2OSe.C23H18N2Se.4Rh/c1-16-23(24(2)15-25(16)18-8-4-3-5-9-18)17-12-13-22-20(14-17)19-10-6-7-11-21(19)28(22,26)27;2*1-16-23(24(2)15-25(16)18-8-4-3-5-9-18)17-12-13-22-20(14-17)19-10-6-7-11-21(19)27(22)26;1-16-23(24(2)15-25(16)18-8-4-3-5-9-18)17-12-13-22-20(14-17)19-10-6-7-11-21(19)26-22;;;;/h3-8,10-15H,1-2H3;2*3-8,10-15H,1-2H3;3-8,10-15H,1-2H3;;;;/q4*-2;4*+2. The van der Waals surface area contributed by atoms with Gasteiger partial charge in [0.25, 0.3) is 0 Å². The monoisotopic (exact) mass is 1990 g/mol. The molecule has 0 saturated carbocycles. The van der Waals surface area contributed by atoms with Gasteiger partial charge in [-0.1, -0.05) is 48.5 Å². The summed E-state index contributed by atoms with van der Waals surface area (Å²) in [6.45, 7) is 16.8. The maximum atomic E-state index is 12.9. The minimum Gasteiger partial charge on any atom is 2.00 e. The fourth-order valence-electron chi connectivity index (χ4n) is 15.6. The molecule has 564 valence electrons. The van der Waals surface area contributed by atoms with E-state index in [-0.39, 0.29) is 77.9 Å². The number of nitrogens with zero attached hydrogens (tertiary/aromatic N) is 8. The Morgan fingerprint density at radius 2 is 0.714 bits per heavy atom. The molecule has 0 fully saturated rings. The second-order valence-electron chi connectivity index (χ2n) is 27.1. The first-order valence-electron chi connectivity index (χ1n) is 35.4. The van der Waals surface area contributed by atoms with E-state index in [2.05, 4.69) is 235 Å². The van der Waals surface area contributed by atoms with Gasteiger partial charge in [0.2, 0.25) is 9.84 Å². The molecule has 12 aromatic carbocycles. The van der Waals surface area contributed by atoms with Gasteiger partial charge in [-0.2, -0.15) is 74.0 Å². The van der Waals surface area contributed by atoms with Crippen molar-refractivity contribution in [2.75, 3.05) is 47.8 Å². The Bertz CT molecular complexity index is 5910. The Labute approximate surface area is 720 Å². The second kappa shape index (κ2) is 33.9. The van der Waals surface area contributed by atoms with Crippen molar-refractivity contribution in [3.8, 4) is 33.4 Å². The molecule has 4 radical (unpaired) electrons. The first kappa shape index (κ1) is 81.4. The summed E-state index contributed by atoms with van der Waals surface area (Å²) in [6, 6.07) is 102. The van der Waals surface area contributed by atoms with E-state index in [1.54, 1.807) is 18.2 Å². The Balaban J connectivity index is 0.000000129. The van der Waals surface area contributed by atoms with Crippen molar-refractivity contribution < 1.29 is 94.4 Å². The van der Waals surface area contributed by atoms with Crippen molar-refractivity contribution in [1.29, 1.82) is 0 Å². The predicted molar refractivity (Wildman–Crippen MR) is 440 cm³/mol. The van der Waals surface area contributed by atoms with Crippen LogP contribution in [0.15, 0.2) is 309 Å². The topological polar surface area (TPSA) is 94.2 Å². The maximum absolute atomic E-state index is 12.9. The summed E-state index contributed by atoms with van der Waals surface area (Å²) >= 11 is -1.72. The van der Waals surface area contributed by atoms with Crippen LogP contribution >= 0.6 is 0 Å². The molecule has 2 atom stereocenters. The molecule has 112 heavy (non-hydrogen) atoms. The number of fused-ring (bicyclic) bond motifs is 12. The maximum Gasteiger partial charge on any atom is 2.00 e. The Morgan fingerprint density at radius 1 is 0.348 bits per heavy atom. The van der Waals surface area contributed by atoms with E-state index >= 15 is 0 Å². The molecule has 7 aliphatic rings. The summed E-state index contributed by atoms with van der Waals surface area (Å²) in [7, 11) is 3.71. The van der Waals surface area contributed by atoms with Gasteiger partial charge in [-0.25, -0.2) is 12.6 Å². The molecule has 13 aromatic rings. The Morgan fingerprint density at radius 3 is 1.22 bits per heavy atom. The summed E-state index contributed by atoms with van der Waals surface area (Å²) < 4.78 is 56.2. The number of benzene rings is 12. The molecule has 8 heterocycles. The third kappa shape index (κ3) is 14.7. The fraction of sp³-hybridized carbons (Fsp3) is 0.0870. The molecule has 0 spiro atoms. The smallest absolute Gasteiger partial charge is 2.00 e. The van der Waals surface area contributed by atoms with Crippen molar-refractivity contribution in [1.82, 2.24) is 19.6 Å². The van der Waals surface area contributed by atoms with Gasteiger partial charge >= 0.3 is 401 Å². The molecular weight excluding hydrogens is 1910 g/mol. The Kier molecular flexibility index (Phi) is 24.6. The molecule has 0 aliphatic carbocycles. The Hall–Kier alpha value is -8.57. The molecule has 20 heteroatoms. The van der Waals surface area contributed by atoms with Gasteiger partial charge in [0.1, 0.15) is 0 Å². The molecule has 0 amide bonds. The van der Waals surface area contributed by atoms with Crippen LogP contribution in [0.1, 0.15) is 49.9 Å². The number of sulfone groups is 1. The van der Waals surface area contributed by atoms with Crippen LogP contribution in [0.5, 0.6) is 0 Å². The molecule has 0 bridgehead atoms. The summed E-state index contributed by atoms with van der Waals surface area (Å²) in [5.41, 5.74) is 23.7. The van der Waals surface area contributed by atoms with Crippen LogP contribution in [-0.4, -0.2) is 88.8 Å². The zero-order valence-electron chi connectivity index (χ0n) is 61.9. The van der Waals surface area contributed by atoms with E-state index in [1.165, 1.54) is 36.3 Å². The second-order valence-corrected chi connectivity index (χ2v) is 35.6. The van der Waals surface area contributed by atoms with Crippen LogP contribution in [0.4, 0.5) is 22.7 Å². The van der Waals surface area contributed by atoms with Crippen LogP contribution in [0.3, 0.4) is 0 Å². The van der Waals surface area contributed by atoms with E-state index in [0.29, 0.717) is 24.3 Å². The zero-order valence-corrected chi connectivity index (χ0v) is 73.5. The van der Waals surface area contributed by atoms with E-state index in [0.717, 1.165) is 126 Å². The molecule has 7 aliphatic heterocycles. The molecule has 0 saturated heterocycles. The fourth-order valence-corrected chi connectivity index (χ4v) is 23.8. The van der Waals surface area contributed by atoms with Gasteiger partial charge < -0.3 is 19.6 Å². The molecular formula is C92H72N8O4Rh4S2Se2. The average Bonchev–Trinajstić information content (AvgIpc) is 1.55. The summed E-state index contributed by atoms with van der Waals surface area (Å²) in [6.07, 6.45) is 0. The van der Waals surface area contributed by atoms with Crippen molar-refractivity contribution in [3.05, 3.63) is 363 Å². The van der Waals surface area contributed by atoms with Gasteiger partial charge in [-0.15, -0.1) is 11.4 Å². The van der Waals surface area contributed by atoms with Crippen molar-refractivity contribution >= 4 is 123 Å². The SMILES string of the molecule is CC1=C(c2ccc3[se]c4ccccc4c3c2)N(C)[CH-]N1c1[c-]cccc1.CC1=C(c2ccc3c(c2)-c2ccccc2S3(=O)=O)N(C)[CH-]N1c1[c-]cccc1.CC1=C(c2ccc3c(c2)-c2ccccc2S3=O)N(C)[CH-]N1c1[c-]cccc1.CC1=C(c2ccc3c(c2)-c2ccccc2[Se]3=O)N(C)[CH-]N1c1[c-]cccc1.[Rh+2].[Rh+2].[Rh+2].[Rh+2]. The van der Waals surface area contributed by atoms with Gasteiger partial charge in [0, 0.05) is 39.5 Å². The first-order valence-corrected chi connectivity index (χ1v) is 42.2. The average molecular weight is 1990 g/mol. The molecule has 0 N–H and O–H groups in total. The van der Waals surface area contributed by atoms with Crippen LogP contribution in [-0.2, 0) is 102 Å². The van der Waals surface area contributed by atoms with E-state index < -0.39 is 34.5 Å². The van der Waals surface area contributed by atoms with Crippen LogP contribution in [0, 0.1) is 50.9 Å². The normalized spacial score (nSPS) is 16.4. The molecule has 20 rings (SSSR count). The number of anilines is 4. The third-order valence-electron chi connectivity index (χ3n) is 20.5. The molecule has 1 aromatic heterocycles. The summed E-state index contributed by atoms with van der Waals surface area (Å²) in [4.78, 5) is 19.7. The number of rotatable bonds is 8. The van der Waals surface area contributed by atoms with Gasteiger partial charge in [0.05, 0.1) is 30.4 Å². The van der Waals surface area contributed by atoms with Crippen LogP contribution < -0.4 is 28.5 Å². The van der Waals surface area contributed by atoms with Crippen molar-refractivity contribution in [2.45, 2.75) is 47.3 Å². The molecule has 12 nitrogen and oxygen atoms in total. The van der Waals surface area contributed by atoms with Crippen molar-refractivity contribution in [2.24, 2.45) is 0 Å². The number of allylic oxidation sites excluding steroid dienone is 4. The van der Waals surface area contributed by atoms with Crippen LogP contribution in [0.25, 0.3) is 75.5 Å². The van der Waals surface area contributed by atoms with E-state index in [9.17, 15) is 16.5 Å². The minimum atomic E-state index is -3.44. The van der Waals surface area contributed by atoms with E-state index in [4.69, 9.17) is 0 Å². The number of para-hydroxylation sites is 4. The number of hydrogen-bond acceptors (Lipinski definition) is 12. The first-order chi connectivity index (χ1) is 52.5. The zero-order chi connectivity index (χ0) is 74.2. The summed E-state index contributed by atoms with van der Waals surface area (Å²) in [5.74, 6) is 0. The third-order valence-corrected chi connectivity index (χ3v) is 29.5. The van der Waals surface area contributed by atoms with Crippen molar-refractivity contribution in [3.63, 3.8) is 0 Å². The predicted octanol–water partition coefficient (Wildman–Crippen LogP) is 17.8. The van der Waals surface area contributed by atoms with Crippen LogP contribution in [0.2, 0.25) is 0 Å². The van der Waals surface area contributed by atoms with Gasteiger partial charge in [0.15, 0.2) is 0 Å². The number of hydrogen-bond donors (Lipinski definition) is 0. The van der Waals surface area contributed by atoms with Gasteiger partial charge in [-0.3, -0.25) is 0 Å². The largest absolute Gasteiger partial charge is 2.00 e. The quantitative estimate of drug-likeness (QED) is 0.107. The van der Waals surface area contributed by atoms with E-state index in [1.807, 2.05) is 159 Å². The van der Waals surface area contributed by atoms with Gasteiger partial charge in [-0.05, 0) is 81.0 Å².